The molecule has 3 fully saturated rings. The number of para-hydroxylation sites is 1. The Bertz CT molecular complexity index is 1100. The number of anilines is 2. The van der Waals surface area contributed by atoms with E-state index in [0.29, 0.717) is 32.6 Å². The Hall–Kier alpha value is -3.35. The first-order valence-electron chi connectivity index (χ1n) is 13.8. The summed E-state index contributed by atoms with van der Waals surface area (Å²) < 4.78 is 0. The summed E-state index contributed by atoms with van der Waals surface area (Å²) in [6.07, 6.45) is 7.56. The van der Waals surface area contributed by atoms with Crippen molar-refractivity contribution >= 4 is 29.1 Å². The molecule has 3 aliphatic rings. The Morgan fingerprint density at radius 3 is 2.27 bits per heavy atom. The Balaban J connectivity index is 1.29. The van der Waals surface area contributed by atoms with Crippen molar-refractivity contribution in [3.63, 3.8) is 0 Å². The van der Waals surface area contributed by atoms with Gasteiger partial charge in [0.15, 0.2) is 0 Å². The van der Waals surface area contributed by atoms with Crippen molar-refractivity contribution in [2.75, 3.05) is 36.5 Å². The molecular formula is C30H38N4O3. The summed E-state index contributed by atoms with van der Waals surface area (Å²) in [5.74, 6) is 0.181. The lowest BCUT2D eigenvalue weighted by Crippen LogP contribution is -2.58. The first-order chi connectivity index (χ1) is 18.0. The fourth-order valence-corrected chi connectivity index (χ4v) is 6.22. The van der Waals surface area contributed by atoms with Gasteiger partial charge in [-0.15, -0.1) is 0 Å². The highest BCUT2D eigenvalue weighted by Crippen LogP contribution is 2.40. The Labute approximate surface area is 219 Å². The fraction of sp³-hybridized carbons (Fsp3) is 0.500. The molecule has 2 saturated heterocycles. The topological polar surface area (TPSA) is 73.0 Å². The number of piperidine rings is 1. The number of nitrogens with zero attached hydrogens (tertiary/aromatic N) is 3. The highest BCUT2D eigenvalue weighted by Gasteiger charge is 2.54. The van der Waals surface area contributed by atoms with Crippen LogP contribution >= 0.6 is 0 Å². The first kappa shape index (κ1) is 25.3. The van der Waals surface area contributed by atoms with Gasteiger partial charge in [-0.1, -0.05) is 56.5 Å². The normalized spacial score (nSPS) is 19.9. The molecule has 2 aromatic carbocycles. The minimum absolute atomic E-state index is 0.00413. The number of hydrogen-bond acceptors (Lipinski definition) is 4. The van der Waals surface area contributed by atoms with Crippen molar-refractivity contribution in [1.82, 2.24) is 9.80 Å². The maximum absolute atomic E-state index is 13.9. The zero-order chi connectivity index (χ0) is 25.8. The monoisotopic (exact) mass is 502 g/mol. The average Bonchev–Trinajstić information content (AvgIpc) is 3.20. The zero-order valence-corrected chi connectivity index (χ0v) is 21.8. The van der Waals surface area contributed by atoms with Gasteiger partial charge < -0.3 is 20.0 Å². The molecular weight excluding hydrogens is 464 g/mol. The molecule has 1 saturated carbocycles. The van der Waals surface area contributed by atoms with E-state index in [4.69, 9.17) is 0 Å². The van der Waals surface area contributed by atoms with Gasteiger partial charge in [0, 0.05) is 30.4 Å². The second-order valence-corrected chi connectivity index (χ2v) is 10.7. The van der Waals surface area contributed by atoms with Crippen LogP contribution in [-0.4, -0.2) is 59.4 Å². The average molecular weight is 503 g/mol. The number of amides is 3. The summed E-state index contributed by atoms with van der Waals surface area (Å²) >= 11 is 0. The van der Waals surface area contributed by atoms with Crippen LogP contribution in [-0.2, 0) is 20.8 Å². The van der Waals surface area contributed by atoms with Crippen LogP contribution in [0.5, 0.6) is 0 Å². The first-order valence-corrected chi connectivity index (χ1v) is 13.8. The van der Waals surface area contributed by atoms with Gasteiger partial charge >= 0.3 is 0 Å². The summed E-state index contributed by atoms with van der Waals surface area (Å²) in [5, 5.41) is 2.94. The molecule has 196 valence electrons. The van der Waals surface area contributed by atoms with E-state index in [1.165, 1.54) is 12.0 Å². The summed E-state index contributed by atoms with van der Waals surface area (Å²) in [4.78, 5) is 45.8. The van der Waals surface area contributed by atoms with E-state index < -0.39 is 5.54 Å². The molecule has 3 amide bonds. The molecule has 7 heteroatoms. The zero-order valence-electron chi connectivity index (χ0n) is 21.8. The highest BCUT2D eigenvalue weighted by atomic mass is 16.2. The van der Waals surface area contributed by atoms with E-state index in [1.807, 2.05) is 59.5 Å². The largest absolute Gasteiger partial charge is 0.342 e. The van der Waals surface area contributed by atoms with Crippen LogP contribution in [0.15, 0.2) is 54.6 Å². The molecule has 2 aromatic rings. The smallest absolute Gasteiger partial charge is 0.250 e. The maximum Gasteiger partial charge on any atom is 0.250 e. The summed E-state index contributed by atoms with van der Waals surface area (Å²) in [6.45, 7) is 3.62. The van der Waals surface area contributed by atoms with Gasteiger partial charge in [0.2, 0.25) is 11.8 Å². The van der Waals surface area contributed by atoms with Crippen LogP contribution in [0.25, 0.3) is 0 Å². The van der Waals surface area contributed by atoms with E-state index >= 15 is 0 Å². The van der Waals surface area contributed by atoms with E-state index in [2.05, 4.69) is 17.1 Å². The fourth-order valence-electron chi connectivity index (χ4n) is 6.22. The second-order valence-electron chi connectivity index (χ2n) is 10.7. The molecule has 5 rings (SSSR count). The Kier molecular flexibility index (Phi) is 7.49. The number of nitrogens with one attached hydrogen (secondary N) is 1. The summed E-state index contributed by atoms with van der Waals surface area (Å²) in [5.41, 5.74) is 2.19. The molecule has 1 N–H and O–H groups in total. The third kappa shape index (κ3) is 5.22. The van der Waals surface area contributed by atoms with E-state index in [0.717, 1.165) is 43.5 Å². The van der Waals surface area contributed by atoms with Gasteiger partial charge in [0.05, 0.1) is 6.67 Å². The molecule has 1 aliphatic carbocycles. The minimum atomic E-state index is -0.728. The number of likely N-dealkylation sites (tertiary alicyclic amines) is 1. The number of aryl methyl sites for hydroxylation is 1. The molecule has 0 bridgehead atoms. The van der Waals surface area contributed by atoms with Crippen molar-refractivity contribution in [3.05, 3.63) is 60.2 Å². The number of rotatable bonds is 6. The van der Waals surface area contributed by atoms with Crippen molar-refractivity contribution in [1.29, 1.82) is 0 Å². The van der Waals surface area contributed by atoms with Gasteiger partial charge in [0.25, 0.3) is 5.91 Å². The standard InChI is InChI=1S/C30H38N4O3/c1-2-23-13-15-25(16-14-23)31-27(35)21-33-22-34(26-11-7-4-8-12-26)30(29(33)37)17-19-32(20-18-30)28(36)24-9-5-3-6-10-24/h4,7-8,11-16,24H,2-3,5-6,9-10,17-22H2,1H3,(H,31,35). The quantitative estimate of drug-likeness (QED) is 0.634. The molecule has 37 heavy (non-hydrogen) atoms. The highest BCUT2D eigenvalue weighted by molar-refractivity contribution is 5.99. The van der Waals surface area contributed by atoms with Crippen LogP contribution in [0, 0.1) is 5.92 Å². The lowest BCUT2D eigenvalue weighted by atomic mass is 9.83. The molecule has 0 aromatic heterocycles. The molecule has 0 unspecified atom stereocenters. The molecule has 0 atom stereocenters. The predicted molar refractivity (Wildman–Crippen MR) is 145 cm³/mol. The number of hydrogen-bond donors (Lipinski definition) is 1. The predicted octanol–water partition coefficient (Wildman–Crippen LogP) is 4.44. The van der Waals surface area contributed by atoms with Gasteiger partial charge in [0.1, 0.15) is 12.1 Å². The minimum Gasteiger partial charge on any atom is -0.342 e. The van der Waals surface area contributed by atoms with Crippen molar-refractivity contribution in [3.8, 4) is 0 Å². The summed E-state index contributed by atoms with van der Waals surface area (Å²) in [6, 6.07) is 17.8. The number of carbonyl (C=O) groups is 3. The SMILES string of the molecule is CCc1ccc(NC(=O)CN2CN(c3ccccc3)C3(CCN(C(=O)C4CCCCC4)CC3)C2=O)cc1. The van der Waals surface area contributed by atoms with Crippen molar-refractivity contribution in [2.24, 2.45) is 5.92 Å². The Morgan fingerprint density at radius 1 is 0.946 bits per heavy atom. The lowest BCUT2D eigenvalue weighted by molar-refractivity contribution is -0.142. The Morgan fingerprint density at radius 2 is 1.62 bits per heavy atom. The van der Waals surface area contributed by atoms with Gasteiger partial charge in [-0.3, -0.25) is 14.4 Å². The molecule has 2 heterocycles. The summed E-state index contributed by atoms with van der Waals surface area (Å²) in [7, 11) is 0. The van der Waals surface area contributed by atoms with Crippen molar-refractivity contribution in [2.45, 2.75) is 63.8 Å². The molecule has 7 nitrogen and oxygen atoms in total. The van der Waals surface area contributed by atoms with E-state index in [-0.39, 0.29) is 30.2 Å². The van der Waals surface area contributed by atoms with Gasteiger partial charge in [-0.05, 0) is 61.9 Å². The third-order valence-corrected chi connectivity index (χ3v) is 8.42. The van der Waals surface area contributed by atoms with Crippen LogP contribution in [0.4, 0.5) is 11.4 Å². The second kappa shape index (κ2) is 11.0. The van der Waals surface area contributed by atoms with Gasteiger partial charge in [-0.2, -0.15) is 0 Å². The van der Waals surface area contributed by atoms with Crippen molar-refractivity contribution < 1.29 is 14.4 Å². The lowest BCUT2D eigenvalue weighted by Gasteiger charge is -2.44. The third-order valence-electron chi connectivity index (χ3n) is 8.42. The number of carbonyl (C=O) groups excluding carboxylic acids is 3. The van der Waals surface area contributed by atoms with Crippen LogP contribution in [0.3, 0.4) is 0 Å². The van der Waals surface area contributed by atoms with Crippen LogP contribution < -0.4 is 10.2 Å². The van der Waals surface area contributed by atoms with Crippen LogP contribution in [0.1, 0.15) is 57.4 Å². The van der Waals surface area contributed by atoms with Crippen LogP contribution in [0.2, 0.25) is 0 Å². The number of benzene rings is 2. The molecule has 0 radical (unpaired) electrons. The van der Waals surface area contributed by atoms with Gasteiger partial charge in [-0.25, -0.2) is 0 Å². The molecule has 2 aliphatic heterocycles. The van der Waals surface area contributed by atoms with E-state index in [9.17, 15) is 14.4 Å². The molecule has 1 spiro atoms. The van der Waals surface area contributed by atoms with E-state index in [1.54, 1.807) is 4.90 Å². The maximum atomic E-state index is 13.9.